The molecule has 0 aliphatic carbocycles. The van der Waals surface area contributed by atoms with Gasteiger partial charge in [0.05, 0.1) is 24.3 Å². The molecule has 11 heteroatoms. The van der Waals surface area contributed by atoms with Crippen LogP contribution in [0.3, 0.4) is 0 Å². The van der Waals surface area contributed by atoms with Crippen molar-refractivity contribution in [2.75, 3.05) is 17.2 Å². The summed E-state index contributed by atoms with van der Waals surface area (Å²) in [6, 6.07) is 12.7. The number of anilines is 2. The lowest BCUT2D eigenvalue weighted by atomic mass is 10.1. The van der Waals surface area contributed by atoms with Crippen molar-refractivity contribution in [2.45, 2.75) is 45.9 Å². The maximum absolute atomic E-state index is 13.0. The Kier molecular flexibility index (Phi) is 6.35. The van der Waals surface area contributed by atoms with Crippen molar-refractivity contribution in [1.29, 1.82) is 0 Å². The third kappa shape index (κ3) is 5.22. The summed E-state index contributed by atoms with van der Waals surface area (Å²) in [5, 5.41) is 13.6. The second kappa shape index (κ2) is 9.66. The van der Waals surface area contributed by atoms with E-state index < -0.39 is 11.7 Å². The molecular formula is C27H29N7O4. The topological polar surface area (TPSA) is 132 Å². The minimum Gasteiger partial charge on any atom is -0.444 e. The molecule has 4 heterocycles. The van der Waals surface area contributed by atoms with Crippen LogP contribution >= 0.6 is 0 Å². The smallest absolute Gasteiger partial charge is 0.412 e. The predicted molar refractivity (Wildman–Crippen MR) is 142 cm³/mol. The van der Waals surface area contributed by atoms with Crippen LogP contribution in [0.25, 0.3) is 11.0 Å². The summed E-state index contributed by atoms with van der Waals surface area (Å²) in [7, 11) is 0. The maximum atomic E-state index is 13.0. The van der Waals surface area contributed by atoms with Crippen molar-refractivity contribution >= 4 is 40.4 Å². The van der Waals surface area contributed by atoms with E-state index in [1.54, 1.807) is 49.8 Å². The lowest BCUT2D eigenvalue weighted by molar-refractivity contribution is 0.0635. The molecule has 0 saturated carbocycles. The number of aromatic nitrogens is 4. The van der Waals surface area contributed by atoms with Crippen LogP contribution in [0.2, 0.25) is 0 Å². The number of carbonyl (C=O) groups is 3. The number of amides is 3. The molecule has 4 aromatic rings. The first-order valence-corrected chi connectivity index (χ1v) is 12.3. The van der Waals surface area contributed by atoms with Gasteiger partial charge in [-0.15, -0.1) is 0 Å². The Balaban J connectivity index is 1.30. The summed E-state index contributed by atoms with van der Waals surface area (Å²) in [6.07, 6.45) is 2.56. The number of nitrogens with one attached hydrogen (secondary N) is 3. The van der Waals surface area contributed by atoms with Gasteiger partial charge < -0.3 is 19.9 Å². The Morgan fingerprint density at radius 1 is 1.16 bits per heavy atom. The first-order chi connectivity index (χ1) is 18.1. The lowest BCUT2D eigenvalue weighted by Crippen LogP contribution is -2.37. The minimum absolute atomic E-state index is 0.0459. The maximum Gasteiger partial charge on any atom is 0.412 e. The normalized spacial score (nSPS) is 15.1. The van der Waals surface area contributed by atoms with Crippen molar-refractivity contribution in [2.24, 2.45) is 0 Å². The molecule has 0 saturated heterocycles. The number of benzene rings is 1. The number of hydrogen-bond donors (Lipinski definition) is 3. The average molecular weight is 516 g/mol. The third-order valence-corrected chi connectivity index (χ3v) is 6.04. The molecule has 0 radical (unpaired) electrons. The van der Waals surface area contributed by atoms with Gasteiger partial charge in [-0.2, -0.15) is 5.10 Å². The summed E-state index contributed by atoms with van der Waals surface area (Å²) in [6.45, 7) is 8.25. The van der Waals surface area contributed by atoms with Crippen molar-refractivity contribution in [3.05, 3.63) is 71.7 Å². The van der Waals surface area contributed by atoms with E-state index in [2.05, 4.69) is 26.0 Å². The van der Waals surface area contributed by atoms with Crippen LogP contribution in [0.15, 0.2) is 54.9 Å². The number of rotatable bonds is 5. The summed E-state index contributed by atoms with van der Waals surface area (Å²) in [4.78, 5) is 42.1. The van der Waals surface area contributed by atoms with Gasteiger partial charge in [-0.1, -0.05) is 18.2 Å². The summed E-state index contributed by atoms with van der Waals surface area (Å²) < 4.78 is 8.86. The van der Waals surface area contributed by atoms with Crippen LogP contribution in [0.1, 0.15) is 60.1 Å². The van der Waals surface area contributed by atoms with Gasteiger partial charge in [0.1, 0.15) is 22.8 Å². The number of fused-ring (bicyclic) bond motifs is 3. The molecule has 11 nitrogen and oxygen atoms in total. The molecule has 1 atom stereocenters. The molecule has 1 aromatic carbocycles. The van der Waals surface area contributed by atoms with Gasteiger partial charge in [-0.3, -0.25) is 19.6 Å². The molecule has 1 aliphatic rings. The van der Waals surface area contributed by atoms with Crippen molar-refractivity contribution < 1.29 is 19.1 Å². The van der Waals surface area contributed by atoms with E-state index in [4.69, 9.17) is 4.74 Å². The molecule has 0 unspecified atom stereocenters. The zero-order chi connectivity index (χ0) is 27.0. The van der Waals surface area contributed by atoms with Gasteiger partial charge in [-0.05, 0) is 57.5 Å². The molecule has 0 spiro atoms. The average Bonchev–Trinajstić information content (AvgIpc) is 3.47. The van der Waals surface area contributed by atoms with Gasteiger partial charge in [0.2, 0.25) is 0 Å². The molecule has 0 fully saturated rings. The first kappa shape index (κ1) is 25.0. The van der Waals surface area contributed by atoms with Crippen molar-refractivity contribution in [3.63, 3.8) is 0 Å². The predicted octanol–water partition coefficient (Wildman–Crippen LogP) is 4.18. The highest BCUT2D eigenvalue weighted by molar-refractivity contribution is 6.04. The number of ether oxygens (including phenoxy) is 1. The number of nitrogens with zero attached hydrogens (tertiary/aromatic N) is 4. The fourth-order valence-corrected chi connectivity index (χ4v) is 4.33. The number of pyridine rings is 1. The molecule has 3 aromatic heterocycles. The number of hydrogen-bond acceptors (Lipinski definition) is 6. The van der Waals surface area contributed by atoms with E-state index in [1.165, 1.54) is 6.20 Å². The third-order valence-electron chi connectivity index (χ3n) is 6.04. The summed E-state index contributed by atoms with van der Waals surface area (Å²) in [5.41, 5.74) is 2.34. The molecule has 0 bridgehead atoms. The highest BCUT2D eigenvalue weighted by Crippen LogP contribution is 2.26. The Morgan fingerprint density at radius 3 is 2.74 bits per heavy atom. The highest BCUT2D eigenvalue weighted by atomic mass is 16.6. The van der Waals surface area contributed by atoms with Crippen LogP contribution in [-0.4, -0.2) is 49.4 Å². The molecule has 5 rings (SSSR count). The standard InChI is InChI=1S/C27H29N7O4/c1-16-12-28-25(36)21-11-17-9-10-22(31-23(17)34(16)21)32-24(35)19-13-29-33(15-19)14-18-7-5-6-8-20(18)30-26(37)38-27(2,3)4/h5-11,13,15-16H,12,14H2,1-4H3,(H,28,36)(H,30,37)(H,31,32,35)/t16-/m1/s1. The fraction of sp³-hybridized carbons (Fsp3) is 0.296. The van der Waals surface area contributed by atoms with Crippen LogP contribution in [0, 0.1) is 0 Å². The Bertz CT molecular complexity index is 1550. The minimum atomic E-state index is -0.615. The first-order valence-electron chi connectivity index (χ1n) is 12.3. The second-order valence-corrected chi connectivity index (χ2v) is 10.2. The Morgan fingerprint density at radius 2 is 1.95 bits per heavy atom. The quantitative estimate of drug-likeness (QED) is 0.365. The van der Waals surface area contributed by atoms with E-state index in [0.717, 1.165) is 10.9 Å². The Hall–Kier alpha value is -4.67. The zero-order valence-corrected chi connectivity index (χ0v) is 21.6. The van der Waals surface area contributed by atoms with Gasteiger partial charge in [0, 0.05) is 23.8 Å². The second-order valence-electron chi connectivity index (χ2n) is 10.2. The molecule has 196 valence electrons. The highest BCUT2D eigenvalue weighted by Gasteiger charge is 2.25. The molecule has 1 aliphatic heterocycles. The molecule has 3 amide bonds. The van der Waals surface area contributed by atoms with Gasteiger partial charge >= 0.3 is 6.09 Å². The Labute approximate surface area is 219 Å². The molecule has 38 heavy (non-hydrogen) atoms. The monoisotopic (exact) mass is 515 g/mol. The largest absolute Gasteiger partial charge is 0.444 e. The van der Waals surface area contributed by atoms with Crippen LogP contribution < -0.4 is 16.0 Å². The number of carbonyl (C=O) groups excluding carboxylic acids is 3. The summed E-state index contributed by atoms with van der Waals surface area (Å²) in [5.74, 6) is -0.123. The van der Waals surface area contributed by atoms with E-state index in [0.29, 0.717) is 41.5 Å². The van der Waals surface area contributed by atoms with Crippen molar-refractivity contribution in [1.82, 2.24) is 24.6 Å². The van der Waals surface area contributed by atoms with E-state index in [1.807, 2.05) is 35.8 Å². The van der Waals surface area contributed by atoms with Crippen molar-refractivity contribution in [3.8, 4) is 0 Å². The van der Waals surface area contributed by atoms with Gasteiger partial charge in [0.15, 0.2) is 0 Å². The number of para-hydroxylation sites is 1. The molecular weight excluding hydrogens is 486 g/mol. The summed E-state index contributed by atoms with van der Waals surface area (Å²) >= 11 is 0. The lowest BCUT2D eigenvalue weighted by Gasteiger charge is -2.23. The van der Waals surface area contributed by atoms with E-state index in [9.17, 15) is 14.4 Å². The van der Waals surface area contributed by atoms with E-state index in [-0.39, 0.29) is 17.9 Å². The zero-order valence-electron chi connectivity index (χ0n) is 21.6. The molecule has 3 N–H and O–H groups in total. The van der Waals surface area contributed by atoms with Crippen LogP contribution in [0.5, 0.6) is 0 Å². The van der Waals surface area contributed by atoms with Crippen LogP contribution in [-0.2, 0) is 11.3 Å². The van der Waals surface area contributed by atoms with Gasteiger partial charge in [0.25, 0.3) is 11.8 Å². The van der Waals surface area contributed by atoms with Gasteiger partial charge in [-0.25, -0.2) is 9.78 Å². The van der Waals surface area contributed by atoms with E-state index >= 15 is 0 Å². The fourth-order valence-electron chi connectivity index (χ4n) is 4.33. The van der Waals surface area contributed by atoms with Crippen LogP contribution in [0.4, 0.5) is 16.3 Å². The SMILES string of the molecule is C[C@@H]1CNC(=O)c2cc3ccc(NC(=O)c4cnn(Cc5ccccc5NC(=O)OC(C)(C)C)c4)nc3n21.